The van der Waals surface area contributed by atoms with Gasteiger partial charge < -0.3 is 15.3 Å². The number of hydrogen-bond donors (Lipinski definition) is 2. The minimum atomic E-state index is -0.0965. The summed E-state index contributed by atoms with van der Waals surface area (Å²) in [6.45, 7) is 3.82. The first-order chi connectivity index (χ1) is 10.2. The summed E-state index contributed by atoms with van der Waals surface area (Å²) in [4.78, 5) is 14.1. The SMILES string of the molecule is O=C(CCCC1CCCC1)NCCCN1CCC(O)CC1. The van der Waals surface area contributed by atoms with Crippen molar-refractivity contribution in [3.63, 3.8) is 0 Å². The number of likely N-dealkylation sites (tertiary alicyclic amines) is 1. The van der Waals surface area contributed by atoms with Crippen LogP contribution in [0.15, 0.2) is 0 Å². The van der Waals surface area contributed by atoms with Gasteiger partial charge in [0.2, 0.25) is 5.91 Å². The van der Waals surface area contributed by atoms with Crippen LogP contribution < -0.4 is 5.32 Å². The number of aliphatic hydroxyl groups is 1. The highest BCUT2D eigenvalue weighted by molar-refractivity contribution is 5.75. The van der Waals surface area contributed by atoms with Crippen LogP contribution in [-0.2, 0) is 4.79 Å². The molecule has 2 aliphatic rings. The van der Waals surface area contributed by atoms with E-state index in [1.165, 1.54) is 32.1 Å². The molecule has 0 aromatic rings. The van der Waals surface area contributed by atoms with Crippen LogP contribution in [0.5, 0.6) is 0 Å². The van der Waals surface area contributed by atoms with E-state index in [0.29, 0.717) is 6.42 Å². The third kappa shape index (κ3) is 6.79. The standard InChI is InChI=1S/C17H32N2O2/c20-16-9-13-19(14-10-16)12-4-11-18-17(21)8-3-7-15-5-1-2-6-15/h15-16,20H,1-14H2,(H,18,21). The minimum absolute atomic E-state index is 0.0965. The Balaban J connectivity index is 1.42. The second-order valence-corrected chi connectivity index (χ2v) is 6.82. The fourth-order valence-electron chi connectivity index (χ4n) is 3.61. The molecule has 4 heteroatoms. The molecule has 0 radical (unpaired) electrons. The lowest BCUT2D eigenvalue weighted by molar-refractivity contribution is -0.121. The van der Waals surface area contributed by atoms with E-state index in [-0.39, 0.29) is 12.0 Å². The maximum Gasteiger partial charge on any atom is 0.219 e. The molecule has 0 bridgehead atoms. The molecule has 21 heavy (non-hydrogen) atoms. The second-order valence-electron chi connectivity index (χ2n) is 6.82. The van der Waals surface area contributed by atoms with Crippen molar-refractivity contribution in [3.8, 4) is 0 Å². The molecule has 2 rings (SSSR count). The van der Waals surface area contributed by atoms with Crippen molar-refractivity contribution in [2.75, 3.05) is 26.2 Å². The van der Waals surface area contributed by atoms with Crippen LogP contribution in [0.1, 0.15) is 64.2 Å². The van der Waals surface area contributed by atoms with Crippen LogP contribution in [0.25, 0.3) is 0 Å². The Kier molecular flexibility index (Phi) is 7.51. The third-order valence-electron chi connectivity index (χ3n) is 5.02. The van der Waals surface area contributed by atoms with Gasteiger partial charge in [-0.1, -0.05) is 25.7 Å². The second kappa shape index (κ2) is 9.42. The summed E-state index contributed by atoms with van der Waals surface area (Å²) in [5, 5.41) is 12.5. The molecule has 2 N–H and O–H groups in total. The van der Waals surface area contributed by atoms with Crippen molar-refractivity contribution in [3.05, 3.63) is 0 Å². The lowest BCUT2D eigenvalue weighted by Gasteiger charge is -2.29. The third-order valence-corrected chi connectivity index (χ3v) is 5.02. The molecular formula is C17H32N2O2. The van der Waals surface area contributed by atoms with Crippen LogP contribution in [0.3, 0.4) is 0 Å². The number of hydrogen-bond acceptors (Lipinski definition) is 3. The summed E-state index contributed by atoms with van der Waals surface area (Å²) >= 11 is 0. The molecule has 1 amide bonds. The van der Waals surface area contributed by atoms with Gasteiger partial charge in [-0.2, -0.15) is 0 Å². The summed E-state index contributed by atoms with van der Waals surface area (Å²) in [7, 11) is 0. The molecule has 0 aromatic carbocycles. The molecule has 0 aromatic heterocycles. The van der Waals surface area contributed by atoms with Crippen LogP contribution in [0, 0.1) is 5.92 Å². The maximum atomic E-state index is 11.8. The van der Waals surface area contributed by atoms with Gasteiger partial charge in [0.25, 0.3) is 0 Å². The Morgan fingerprint density at radius 3 is 2.52 bits per heavy atom. The largest absolute Gasteiger partial charge is 0.393 e. The number of rotatable bonds is 8. The van der Waals surface area contributed by atoms with E-state index in [2.05, 4.69) is 10.2 Å². The molecule has 1 aliphatic carbocycles. The van der Waals surface area contributed by atoms with Gasteiger partial charge >= 0.3 is 0 Å². The summed E-state index contributed by atoms with van der Waals surface area (Å²) in [5.74, 6) is 1.12. The van der Waals surface area contributed by atoms with Gasteiger partial charge in [0.05, 0.1) is 6.10 Å². The smallest absolute Gasteiger partial charge is 0.219 e. The van der Waals surface area contributed by atoms with E-state index in [0.717, 1.165) is 57.8 Å². The quantitative estimate of drug-likeness (QED) is 0.676. The van der Waals surface area contributed by atoms with Crippen molar-refractivity contribution in [2.45, 2.75) is 70.3 Å². The topological polar surface area (TPSA) is 52.6 Å². The van der Waals surface area contributed by atoms with Gasteiger partial charge in [0, 0.05) is 26.1 Å². The summed E-state index contributed by atoms with van der Waals surface area (Å²) < 4.78 is 0. The van der Waals surface area contributed by atoms with E-state index in [1.807, 2.05) is 0 Å². The lowest BCUT2D eigenvalue weighted by atomic mass is 10.0. The fraction of sp³-hybridized carbons (Fsp3) is 0.941. The number of carbonyl (C=O) groups excluding carboxylic acids is 1. The number of nitrogens with one attached hydrogen (secondary N) is 1. The molecule has 122 valence electrons. The maximum absolute atomic E-state index is 11.8. The van der Waals surface area contributed by atoms with Gasteiger partial charge in [-0.25, -0.2) is 0 Å². The van der Waals surface area contributed by atoms with Gasteiger partial charge in [0.15, 0.2) is 0 Å². The predicted molar refractivity (Wildman–Crippen MR) is 85.1 cm³/mol. The molecule has 1 saturated carbocycles. The average molecular weight is 296 g/mol. The molecule has 2 fully saturated rings. The van der Waals surface area contributed by atoms with Crippen LogP contribution in [-0.4, -0.2) is 48.2 Å². The van der Waals surface area contributed by atoms with E-state index in [9.17, 15) is 9.90 Å². The van der Waals surface area contributed by atoms with Gasteiger partial charge in [-0.05, 0) is 44.6 Å². The number of aliphatic hydroxyl groups excluding tert-OH is 1. The Morgan fingerprint density at radius 2 is 1.81 bits per heavy atom. The first kappa shape index (κ1) is 16.8. The lowest BCUT2D eigenvalue weighted by Crippen LogP contribution is -2.37. The van der Waals surface area contributed by atoms with Gasteiger partial charge in [-0.15, -0.1) is 0 Å². The van der Waals surface area contributed by atoms with E-state index < -0.39 is 0 Å². The van der Waals surface area contributed by atoms with E-state index in [4.69, 9.17) is 0 Å². The molecule has 4 nitrogen and oxygen atoms in total. The van der Waals surface area contributed by atoms with Crippen molar-refractivity contribution in [1.82, 2.24) is 10.2 Å². The Bertz CT molecular complexity index is 295. The molecule has 1 aliphatic heterocycles. The van der Waals surface area contributed by atoms with E-state index in [1.54, 1.807) is 0 Å². The number of piperidine rings is 1. The van der Waals surface area contributed by atoms with Crippen LogP contribution in [0.4, 0.5) is 0 Å². The normalized spacial score (nSPS) is 21.8. The highest BCUT2D eigenvalue weighted by atomic mass is 16.3. The van der Waals surface area contributed by atoms with Crippen molar-refractivity contribution < 1.29 is 9.90 Å². The van der Waals surface area contributed by atoms with Crippen LogP contribution in [0.2, 0.25) is 0 Å². The molecule has 0 unspecified atom stereocenters. The monoisotopic (exact) mass is 296 g/mol. The minimum Gasteiger partial charge on any atom is -0.393 e. The highest BCUT2D eigenvalue weighted by Gasteiger charge is 2.16. The molecule has 0 spiro atoms. The summed E-state index contributed by atoms with van der Waals surface area (Å²) in [5.41, 5.74) is 0. The zero-order valence-corrected chi connectivity index (χ0v) is 13.4. The number of nitrogens with zero attached hydrogens (tertiary/aromatic N) is 1. The van der Waals surface area contributed by atoms with Gasteiger partial charge in [-0.3, -0.25) is 4.79 Å². The first-order valence-corrected chi connectivity index (χ1v) is 8.91. The summed E-state index contributed by atoms with van der Waals surface area (Å²) in [6.07, 6.45) is 11.3. The van der Waals surface area contributed by atoms with Crippen molar-refractivity contribution in [2.24, 2.45) is 5.92 Å². The Labute approximate surface area is 129 Å². The first-order valence-electron chi connectivity index (χ1n) is 8.91. The van der Waals surface area contributed by atoms with E-state index >= 15 is 0 Å². The van der Waals surface area contributed by atoms with Crippen LogP contribution >= 0.6 is 0 Å². The van der Waals surface area contributed by atoms with Crippen molar-refractivity contribution >= 4 is 5.91 Å². The van der Waals surface area contributed by atoms with Crippen molar-refractivity contribution in [1.29, 1.82) is 0 Å². The molecule has 1 heterocycles. The zero-order valence-electron chi connectivity index (χ0n) is 13.4. The summed E-state index contributed by atoms with van der Waals surface area (Å²) in [6, 6.07) is 0. The fourth-order valence-corrected chi connectivity index (χ4v) is 3.61. The molecule has 1 saturated heterocycles. The Morgan fingerprint density at radius 1 is 1.10 bits per heavy atom. The average Bonchev–Trinajstić information content (AvgIpc) is 2.99. The van der Waals surface area contributed by atoms with Gasteiger partial charge in [0.1, 0.15) is 0 Å². The Hall–Kier alpha value is -0.610. The predicted octanol–water partition coefficient (Wildman–Crippen LogP) is 2.31. The zero-order chi connectivity index (χ0) is 14.9. The molecule has 0 atom stereocenters. The number of carbonyl (C=O) groups is 1. The molecular weight excluding hydrogens is 264 g/mol. The highest BCUT2D eigenvalue weighted by Crippen LogP contribution is 2.28. The number of amides is 1.